The van der Waals surface area contributed by atoms with Crippen molar-refractivity contribution in [3.8, 4) is 0 Å². The highest BCUT2D eigenvalue weighted by Crippen LogP contribution is 2.50. The molecule has 2 aliphatic rings. The second-order valence-corrected chi connectivity index (χ2v) is 4.60. The van der Waals surface area contributed by atoms with Crippen molar-refractivity contribution in [3.05, 3.63) is 11.1 Å². The van der Waals surface area contributed by atoms with Gasteiger partial charge in [0.2, 0.25) is 0 Å². The molecule has 0 aromatic rings. The van der Waals surface area contributed by atoms with Crippen LogP contribution in [0.25, 0.3) is 0 Å². The summed E-state index contributed by atoms with van der Waals surface area (Å²) >= 11 is 7.08. The van der Waals surface area contributed by atoms with E-state index in [1.165, 1.54) is 12.8 Å². The van der Waals surface area contributed by atoms with Gasteiger partial charge in [0.05, 0.1) is 0 Å². The molecule has 0 amide bonds. The number of rotatable bonds is 0. The Hall–Kier alpha value is 0.700. The van der Waals surface area contributed by atoms with Crippen LogP contribution < -0.4 is 0 Å². The molecule has 2 fully saturated rings. The van der Waals surface area contributed by atoms with Gasteiger partial charge in [0.1, 0.15) is 0 Å². The van der Waals surface area contributed by atoms with E-state index >= 15 is 0 Å². The average molecular weight is 238 g/mol. The van der Waals surface area contributed by atoms with Gasteiger partial charge >= 0.3 is 0 Å². The summed E-state index contributed by atoms with van der Waals surface area (Å²) in [6, 6.07) is 0. The van der Waals surface area contributed by atoms with E-state index < -0.39 is 0 Å². The van der Waals surface area contributed by atoms with Gasteiger partial charge in [0, 0.05) is 9.65 Å². The van der Waals surface area contributed by atoms with Gasteiger partial charge in [0.15, 0.2) is 0 Å². The minimum atomic E-state index is 0.750. The molecule has 44 valence electrons. The monoisotopic (exact) mass is 236 g/mol. The third-order valence-electron chi connectivity index (χ3n) is 1.65. The summed E-state index contributed by atoms with van der Waals surface area (Å²) < 4.78 is 0. The molecule has 0 radical (unpaired) electrons. The van der Waals surface area contributed by atoms with Gasteiger partial charge in [-0.05, 0) is 12.8 Å². The third-order valence-corrected chi connectivity index (χ3v) is 3.40. The fourth-order valence-electron chi connectivity index (χ4n) is 0.933. The Morgan fingerprint density at radius 2 is 1.25 bits per heavy atom. The zero-order valence-electron chi connectivity index (χ0n) is 4.32. The summed E-state index contributed by atoms with van der Waals surface area (Å²) in [5.74, 6) is 0. The lowest BCUT2D eigenvalue weighted by atomic mass is 10.5. The maximum atomic E-state index is 3.54. The van der Waals surface area contributed by atoms with Crippen LogP contribution in [0.2, 0.25) is 0 Å². The van der Waals surface area contributed by atoms with E-state index in [1.54, 1.807) is 11.1 Å². The predicted octanol–water partition coefficient (Wildman–Crippen LogP) is 2.62. The summed E-state index contributed by atoms with van der Waals surface area (Å²) in [5, 5.41) is 0. The van der Waals surface area contributed by atoms with Crippen molar-refractivity contribution >= 4 is 31.9 Å². The lowest BCUT2D eigenvalue weighted by Gasteiger charge is -1.68. The van der Waals surface area contributed by atoms with Crippen LogP contribution in [0, 0.1) is 0 Å². The van der Waals surface area contributed by atoms with Crippen molar-refractivity contribution in [2.75, 3.05) is 0 Å². The van der Waals surface area contributed by atoms with Crippen molar-refractivity contribution < 1.29 is 0 Å². The molecule has 2 heteroatoms. The normalized spacial score (nSPS) is 51.8. The molecule has 2 rings (SSSR count). The Balaban J connectivity index is 2.16. The molecule has 0 saturated heterocycles. The molecule has 0 aromatic carbocycles. The van der Waals surface area contributed by atoms with Gasteiger partial charge in [0.25, 0.3) is 0 Å². The van der Waals surface area contributed by atoms with E-state index in [9.17, 15) is 0 Å². The number of alkyl halides is 2. The lowest BCUT2D eigenvalue weighted by molar-refractivity contribution is 1.54. The van der Waals surface area contributed by atoms with Crippen LogP contribution in [0.5, 0.6) is 0 Å². The molecule has 2 atom stereocenters. The van der Waals surface area contributed by atoms with E-state index in [0.29, 0.717) is 0 Å². The molecule has 0 aromatic heterocycles. The van der Waals surface area contributed by atoms with Crippen molar-refractivity contribution in [2.24, 2.45) is 0 Å². The molecule has 0 heterocycles. The summed E-state index contributed by atoms with van der Waals surface area (Å²) in [5.41, 5.74) is 3.32. The van der Waals surface area contributed by atoms with Gasteiger partial charge in [-0.3, -0.25) is 0 Å². The summed E-state index contributed by atoms with van der Waals surface area (Å²) in [6.45, 7) is 0. The maximum Gasteiger partial charge on any atom is 0.0395 e. The number of hydrogen-bond donors (Lipinski definition) is 0. The van der Waals surface area contributed by atoms with Crippen molar-refractivity contribution in [2.45, 2.75) is 22.5 Å². The van der Waals surface area contributed by atoms with E-state index in [-0.39, 0.29) is 0 Å². The first kappa shape index (κ1) is 5.48. The van der Waals surface area contributed by atoms with Crippen molar-refractivity contribution in [1.82, 2.24) is 0 Å². The highest BCUT2D eigenvalue weighted by molar-refractivity contribution is 9.10. The van der Waals surface area contributed by atoms with Crippen molar-refractivity contribution in [1.29, 1.82) is 0 Å². The quantitative estimate of drug-likeness (QED) is 0.449. The van der Waals surface area contributed by atoms with Gasteiger partial charge in [-0.15, -0.1) is 0 Å². The van der Waals surface area contributed by atoms with Gasteiger partial charge in [-0.1, -0.05) is 43.0 Å². The van der Waals surface area contributed by atoms with Gasteiger partial charge < -0.3 is 0 Å². The van der Waals surface area contributed by atoms with E-state index in [4.69, 9.17) is 0 Å². The minimum Gasteiger partial charge on any atom is -0.0839 e. The van der Waals surface area contributed by atoms with Crippen molar-refractivity contribution in [3.63, 3.8) is 0 Å². The van der Waals surface area contributed by atoms with Gasteiger partial charge in [-0.2, -0.15) is 0 Å². The average Bonchev–Trinajstić information content (AvgIpc) is 2.47. The molecule has 0 bridgehead atoms. The molecule has 0 spiro atoms. The zero-order valence-corrected chi connectivity index (χ0v) is 7.50. The minimum absolute atomic E-state index is 0.750. The standard InChI is InChI=1S/C6H6Br2/c7-5-1-3(5)4-2-6(4)8/h5-6H,1-2H2/b4-3-. The van der Waals surface area contributed by atoms with E-state index in [2.05, 4.69) is 31.9 Å². The summed E-state index contributed by atoms with van der Waals surface area (Å²) in [6.07, 6.45) is 2.61. The molecule has 0 nitrogen and oxygen atoms in total. The molecule has 0 aliphatic heterocycles. The Morgan fingerprint density at radius 3 is 1.38 bits per heavy atom. The largest absolute Gasteiger partial charge is 0.0839 e. The highest BCUT2D eigenvalue weighted by atomic mass is 79.9. The SMILES string of the molecule is BrC1C/C1=C1\CC1Br. The summed E-state index contributed by atoms with van der Waals surface area (Å²) in [7, 11) is 0. The fraction of sp³-hybridized carbons (Fsp3) is 0.667. The molecule has 2 unspecified atom stereocenters. The predicted molar refractivity (Wildman–Crippen MR) is 41.7 cm³/mol. The highest BCUT2D eigenvalue weighted by Gasteiger charge is 2.39. The second-order valence-electron chi connectivity index (χ2n) is 2.39. The van der Waals surface area contributed by atoms with E-state index in [0.717, 1.165) is 9.65 Å². The maximum absolute atomic E-state index is 3.54. The molecular weight excluding hydrogens is 232 g/mol. The topological polar surface area (TPSA) is 0 Å². The van der Waals surface area contributed by atoms with Crippen LogP contribution in [0.15, 0.2) is 11.1 Å². The van der Waals surface area contributed by atoms with Crippen LogP contribution in [0.1, 0.15) is 12.8 Å². The van der Waals surface area contributed by atoms with Crippen LogP contribution in [0.4, 0.5) is 0 Å². The Kier molecular flexibility index (Phi) is 1.10. The van der Waals surface area contributed by atoms with Crippen LogP contribution in [-0.2, 0) is 0 Å². The molecule has 2 aliphatic carbocycles. The fourth-order valence-corrected chi connectivity index (χ4v) is 2.22. The molecule has 0 N–H and O–H groups in total. The third kappa shape index (κ3) is 0.781. The van der Waals surface area contributed by atoms with Crippen LogP contribution in [-0.4, -0.2) is 9.65 Å². The van der Waals surface area contributed by atoms with Crippen LogP contribution in [0.3, 0.4) is 0 Å². The van der Waals surface area contributed by atoms with Gasteiger partial charge in [-0.25, -0.2) is 0 Å². The summed E-state index contributed by atoms with van der Waals surface area (Å²) in [4.78, 5) is 1.50. The smallest absolute Gasteiger partial charge is 0.0395 e. The Morgan fingerprint density at radius 1 is 1.00 bits per heavy atom. The molecular formula is C6H6Br2. The number of hydrogen-bond acceptors (Lipinski definition) is 0. The van der Waals surface area contributed by atoms with E-state index in [1.807, 2.05) is 0 Å². The Labute approximate surface area is 65.6 Å². The first-order valence-electron chi connectivity index (χ1n) is 2.79. The first-order chi connectivity index (χ1) is 3.79. The molecule has 2 saturated carbocycles. The van der Waals surface area contributed by atoms with Crippen LogP contribution >= 0.6 is 31.9 Å². The number of allylic oxidation sites excluding steroid dienone is 2. The first-order valence-corrected chi connectivity index (χ1v) is 4.62. The second kappa shape index (κ2) is 1.60. The number of halogens is 2. The Bertz CT molecular complexity index is 142. The lowest BCUT2D eigenvalue weighted by Crippen LogP contribution is -1.58. The molecule has 8 heavy (non-hydrogen) atoms. The zero-order chi connectivity index (χ0) is 5.72.